The summed E-state index contributed by atoms with van der Waals surface area (Å²) in [5.41, 5.74) is 9.85. The van der Waals surface area contributed by atoms with Crippen LogP contribution in [0.15, 0.2) is 54.9 Å². The van der Waals surface area contributed by atoms with Gasteiger partial charge in [-0.1, -0.05) is 13.8 Å². The number of ether oxygens (including phenoxy) is 1. The Kier molecular flexibility index (Phi) is 10.7. The lowest BCUT2D eigenvalue weighted by Gasteiger charge is -2.50. The number of carbonyl (C=O) groups is 6. The quantitative estimate of drug-likeness (QED) is 0.187. The summed E-state index contributed by atoms with van der Waals surface area (Å²) in [6.45, 7) is 14.2. The van der Waals surface area contributed by atoms with Crippen molar-refractivity contribution in [2.75, 3.05) is 65.9 Å². The van der Waals surface area contributed by atoms with Crippen molar-refractivity contribution in [1.29, 1.82) is 0 Å². The SMILES string of the molecule is Cc1c(-c2cc(Nc3ccc(N4CCN(C5CCN6c7ccc8c(c7OCC6C5)C(=O)N(C5CCC(=O)NC5=O)C8=O)C[C@@H]4C)cn3)c3c(n2)CCNC3=O)ccnc1N1CCn2c(cc3c2CC(C)(C)C3)C1=O. The lowest BCUT2D eigenvalue weighted by molar-refractivity contribution is -0.136. The van der Waals surface area contributed by atoms with Gasteiger partial charge in [0.2, 0.25) is 11.8 Å². The van der Waals surface area contributed by atoms with E-state index >= 15 is 0 Å². The number of benzene rings is 1. The van der Waals surface area contributed by atoms with Crippen LogP contribution in [0.4, 0.5) is 28.7 Å². The molecule has 6 amide bonds. The smallest absolute Gasteiger partial charge is 0.276 e. The normalized spacial score (nSPS) is 24.1. The first-order valence-electron chi connectivity index (χ1n) is 26.0. The van der Waals surface area contributed by atoms with E-state index in [2.05, 4.69) is 68.1 Å². The van der Waals surface area contributed by atoms with Crippen LogP contribution in [0.5, 0.6) is 5.75 Å². The summed E-state index contributed by atoms with van der Waals surface area (Å²) in [5, 5.41) is 8.72. The van der Waals surface area contributed by atoms with Crippen molar-refractivity contribution in [2.24, 2.45) is 5.41 Å². The Morgan fingerprint density at radius 1 is 0.824 bits per heavy atom. The number of nitrogens with zero attached hydrogens (tertiary/aromatic N) is 9. The Labute approximate surface area is 427 Å². The fourth-order valence-electron chi connectivity index (χ4n) is 13.2. The molecule has 1 aliphatic carbocycles. The van der Waals surface area contributed by atoms with Crippen molar-refractivity contribution in [2.45, 2.75) is 103 Å². The Bertz CT molecular complexity index is 3280. The summed E-state index contributed by atoms with van der Waals surface area (Å²) in [5.74, 6) is -0.786. The van der Waals surface area contributed by atoms with Crippen molar-refractivity contribution >= 4 is 64.1 Å². The Morgan fingerprint density at radius 2 is 1.69 bits per heavy atom. The molecule has 0 spiro atoms. The molecular formula is C55H58N12O7. The van der Waals surface area contributed by atoms with E-state index in [0.29, 0.717) is 78.7 Å². The Balaban J connectivity index is 0.675. The number of anilines is 5. The first-order chi connectivity index (χ1) is 35.7. The number of amides is 6. The van der Waals surface area contributed by atoms with Crippen LogP contribution in [-0.2, 0) is 35.4 Å². The summed E-state index contributed by atoms with van der Waals surface area (Å²) in [6.07, 6.45) is 8.09. The van der Waals surface area contributed by atoms with Gasteiger partial charge in [-0.25, -0.2) is 9.97 Å². The van der Waals surface area contributed by atoms with Crippen molar-refractivity contribution in [3.63, 3.8) is 0 Å². The highest BCUT2D eigenvalue weighted by molar-refractivity contribution is 6.25. The van der Waals surface area contributed by atoms with E-state index in [1.54, 1.807) is 17.2 Å². The molecule has 0 radical (unpaired) electrons. The van der Waals surface area contributed by atoms with Gasteiger partial charge in [0.15, 0.2) is 5.75 Å². The molecule has 13 rings (SSSR count). The number of pyridine rings is 3. The molecule has 8 aliphatic rings. The van der Waals surface area contributed by atoms with E-state index in [1.165, 1.54) is 11.3 Å². The molecule has 11 heterocycles. The second kappa shape index (κ2) is 17.2. The Hall–Kier alpha value is -7.67. The highest BCUT2D eigenvalue weighted by Gasteiger charge is 2.49. The van der Waals surface area contributed by atoms with Gasteiger partial charge >= 0.3 is 0 Å². The molecule has 4 atom stereocenters. The highest BCUT2D eigenvalue weighted by atomic mass is 16.5. The molecule has 380 valence electrons. The van der Waals surface area contributed by atoms with Crippen LogP contribution in [0, 0.1) is 12.3 Å². The average molecular weight is 999 g/mol. The monoisotopic (exact) mass is 998 g/mol. The number of nitrogens with one attached hydrogen (secondary N) is 3. The molecule has 3 unspecified atom stereocenters. The summed E-state index contributed by atoms with van der Waals surface area (Å²) >= 11 is 0. The first-order valence-corrected chi connectivity index (χ1v) is 26.0. The topological polar surface area (TPSA) is 208 Å². The van der Waals surface area contributed by atoms with Crippen LogP contribution < -0.4 is 35.4 Å². The second-order valence-electron chi connectivity index (χ2n) is 22.0. The average Bonchev–Trinajstić information content (AvgIpc) is 3.98. The van der Waals surface area contributed by atoms with Gasteiger partial charge in [0.25, 0.3) is 23.6 Å². The number of piperidine rings is 2. The lowest BCUT2D eigenvalue weighted by Crippen LogP contribution is -2.59. The number of piperazine rings is 1. The zero-order chi connectivity index (χ0) is 50.9. The summed E-state index contributed by atoms with van der Waals surface area (Å²) in [6, 6.07) is 13.1. The number of imide groups is 2. The molecule has 3 saturated heterocycles. The maximum Gasteiger partial charge on any atom is 0.276 e. The molecule has 3 fully saturated rings. The third kappa shape index (κ3) is 7.43. The number of rotatable bonds is 7. The van der Waals surface area contributed by atoms with Crippen molar-refractivity contribution in [3.05, 3.63) is 99.8 Å². The van der Waals surface area contributed by atoms with Crippen LogP contribution >= 0.6 is 0 Å². The van der Waals surface area contributed by atoms with Crippen LogP contribution in [0.2, 0.25) is 0 Å². The number of fused-ring (bicyclic) bond motifs is 9. The predicted octanol–water partition coefficient (Wildman–Crippen LogP) is 4.80. The number of hydrogen-bond donors (Lipinski definition) is 3. The summed E-state index contributed by atoms with van der Waals surface area (Å²) in [4.78, 5) is 104. The van der Waals surface area contributed by atoms with Crippen molar-refractivity contribution in [3.8, 4) is 17.0 Å². The molecule has 4 aromatic heterocycles. The molecule has 19 heteroatoms. The summed E-state index contributed by atoms with van der Waals surface area (Å²) in [7, 11) is 0. The molecule has 1 aromatic carbocycles. The van der Waals surface area contributed by atoms with Crippen molar-refractivity contribution in [1.82, 2.24) is 40.0 Å². The largest absolute Gasteiger partial charge is 0.488 e. The van der Waals surface area contributed by atoms with Gasteiger partial charge in [0.05, 0.1) is 57.4 Å². The number of aromatic nitrogens is 4. The number of carbonyl (C=O) groups excluding carboxylic acids is 6. The minimum absolute atomic E-state index is 0.0436. The zero-order valence-corrected chi connectivity index (χ0v) is 42.0. The molecule has 19 nitrogen and oxygen atoms in total. The zero-order valence-electron chi connectivity index (χ0n) is 42.0. The van der Waals surface area contributed by atoms with Crippen LogP contribution in [-0.4, -0.2) is 135 Å². The molecule has 5 aromatic rings. The van der Waals surface area contributed by atoms with E-state index in [1.807, 2.05) is 37.4 Å². The standard InChI is InChI=1S/C55H58N12O7/c1-29-27-62(32-13-16-64-34(22-32)28-74-48-40(64)7-6-36-46(48)54(73)67(52(36)71)41-8-10-45(68)61-50(41)69)17-18-63(29)33-5-9-44(58-26-33)60-39-23-38(59-37-12-15-57-51(70)47(37)39)35-11-14-56-49(30(35)2)66-20-19-65-42(53(66)72)21-31-24-55(3,4)25-43(31)65/h5-7,9,11,14,21,23,26,29,32,34,41H,8,10,12-13,15-20,22,24-25,27-28H2,1-4H3,(H,57,70)(H,58,59,60)(H,61,68,69)/t29-,32?,34?,41?/m0/s1. The second-order valence-corrected chi connectivity index (χ2v) is 22.0. The van der Waals surface area contributed by atoms with Gasteiger partial charge in [0, 0.05) is 93.8 Å². The van der Waals surface area contributed by atoms with Gasteiger partial charge in [-0.3, -0.25) is 53.8 Å². The molecule has 74 heavy (non-hydrogen) atoms. The van der Waals surface area contributed by atoms with Gasteiger partial charge < -0.3 is 29.7 Å². The molecule has 7 aliphatic heterocycles. The Morgan fingerprint density at radius 3 is 2.50 bits per heavy atom. The molecule has 0 bridgehead atoms. The minimum atomic E-state index is -1.04. The molecule has 3 N–H and O–H groups in total. The van der Waals surface area contributed by atoms with Crippen molar-refractivity contribution < 1.29 is 33.5 Å². The molecule has 0 saturated carbocycles. The lowest BCUT2D eigenvalue weighted by atomic mass is 9.90. The molecular weight excluding hydrogens is 941 g/mol. The van der Waals surface area contributed by atoms with Gasteiger partial charge in [-0.2, -0.15) is 0 Å². The first kappa shape index (κ1) is 46.1. The summed E-state index contributed by atoms with van der Waals surface area (Å²) < 4.78 is 8.57. The minimum Gasteiger partial charge on any atom is -0.488 e. The van der Waals surface area contributed by atoms with Crippen LogP contribution in [0.25, 0.3) is 11.3 Å². The third-order valence-electron chi connectivity index (χ3n) is 16.8. The van der Waals surface area contributed by atoms with E-state index in [-0.39, 0.29) is 53.3 Å². The van der Waals surface area contributed by atoms with E-state index in [0.717, 1.165) is 85.0 Å². The fraction of sp³-hybridized carbons (Fsp3) is 0.436. The van der Waals surface area contributed by atoms with Crippen LogP contribution in [0.3, 0.4) is 0 Å². The van der Waals surface area contributed by atoms with Gasteiger partial charge in [-0.15, -0.1) is 0 Å². The third-order valence-corrected chi connectivity index (χ3v) is 16.8. The number of hydrogen-bond acceptors (Lipinski definition) is 14. The van der Waals surface area contributed by atoms with E-state index in [4.69, 9.17) is 19.7 Å². The maximum absolute atomic E-state index is 14.1. The highest BCUT2D eigenvalue weighted by Crippen LogP contribution is 2.46. The van der Waals surface area contributed by atoms with Gasteiger partial charge in [0.1, 0.15) is 30.0 Å². The van der Waals surface area contributed by atoms with Crippen LogP contribution in [0.1, 0.15) is 111 Å². The van der Waals surface area contributed by atoms with Gasteiger partial charge in [-0.05, 0) is 99.4 Å². The van der Waals surface area contributed by atoms with E-state index < -0.39 is 29.7 Å². The maximum atomic E-state index is 14.1. The fourth-order valence-corrected chi connectivity index (χ4v) is 13.2. The predicted molar refractivity (Wildman–Crippen MR) is 274 cm³/mol. The van der Waals surface area contributed by atoms with E-state index in [9.17, 15) is 28.8 Å².